The first-order valence-corrected chi connectivity index (χ1v) is 13.4. The Morgan fingerprint density at radius 3 is 2.79 bits per heavy atom. The number of anilines is 1. The zero-order chi connectivity index (χ0) is 27.8. The van der Waals surface area contributed by atoms with Gasteiger partial charge in [-0.15, -0.1) is 0 Å². The van der Waals surface area contributed by atoms with Gasteiger partial charge in [0.25, 0.3) is 0 Å². The molecule has 0 radical (unpaired) electrons. The van der Waals surface area contributed by atoms with E-state index in [9.17, 15) is 18.4 Å². The number of rotatable bonds is 12. The molecule has 1 heterocycles. The first-order valence-electron chi connectivity index (χ1n) is 13.4. The number of fused-ring (bicyclic) bond motifs is 1. The number of aromatic nitrogens is 2. The summed E-state index contributed by atoms with van der Waals surface area (Å²) in [7, 11) is 0. The van der Waals surface area contributed by atoms with Crippen LogP contribution in [0.1, 0.15) is 49.8 Å². The van der Waals surface area contributed by atoms with E-state index in [1.807, 2.05) is 35.8 Å². The van der Waals surface area contributed by atoms with Crippen LogP contribution in [-0.4, -0.2) is 46.5 Å². The number of para-hydroxylation sites is 1. The van der Waals surface area contributed by atoms with Crippen molar-refractivity contribution in [3.63, 3.8) is 0 Å². The van der Waals surface area contributed by atoms with Crippen molar-refractivity contribution >= 4 is 17.6 Å². The van der Waals surface area contributed by atoms with E-state index in [4.69, 9.17) is 0 Å². The number of aryl methyl sites for hydroxylation is 1. The second-order valence-corrected chi connectivity index (χ2v) is 9.92. The van der Waals surface area contributed by atoms with Gasteiger partial charge in [-0.25, -0.2) is 13.8 Å². The number of hydrogen-bond donors (Lipinski definition) is 4. The second-order valence-electron chi connectivity index (χ2n) is 9.92. The average Bonchev–Trinajstić information content (AvgIpc) is 3.36. The molecular formula is C29H36F2N6O2. The van der Waals surface area contributed by atoms with Gasteiger partial charge in [-0.3, -0.25) is 9.59 Å². The molecule has 4 N–H and O–H groups in total. The van der Waals surface area contributed by atoms with E-state index in [2.05, 4.69) is 26.3 Å². The Balaban J connectivity index is 1.37. The van der Waals surface area contributed by atoms with E-state index in [0.717, 1.165) is 23.7 Å². The highest BCUT2D eigenvalue weighted by molar-refractivity contribution is 5.94. The molecule has 1 aliphatic rings. The summed E-state index contributed by atoms with van der Waals surface area (Å²) in [4.78, 5) is 28.6. The lowest BCUT2D eigenvalue weighted by Crippen LogP contribution is -2.48. The van der Waals surface area contributed by atoms with Crippen LogP contribution in [0, 0.1) is 11.6 Å². The van der Waals surface area contributed by atoms with E-state index >= 15 is 0 Å². The average molecular weight is 539 g/mol. The van der Waals surface area contributed by atoms with Gasteiger partial charge in [0.15, 0.2) is 5.82 Å². The van der Waals surface area contributed by atoms with Gasteiger partial charge in [-0.2, -0.15) is 0 Å². The lowest BCUT2D eigenvalue weighted by molar-refractivity contribution is -0.119. The van der Waals surface area contributed by atoms with Crippen LogP contribution in [0.25, 0.3) is 5.69 Å². The van der Waals surface area contributed by atoms with Gasteiger partial charge in [0.05, 0.1) is 17.9 Å². The summed E-state index contributed by atoms with van der Waals surface area (Å²) < 4.78 is 29.8. The minimum Gasteiger partial charge on any atom is -0.355 e. The number of benzene rings is 2. The summed E-state index contributed by atoms with van der Waals surface area (Å²) in [5, 5.41) is 12.4. The molecular weight excluding hydrogens is 502 g/mol. The quantitative estimate of drug-likeness (QED) is 0.264. The van der Waals surface area contributed by atoms with E-state index in [1.165, 1.54) is 13.0 Å². The van der Waals surface area contributed by atoms with Crippen LogP contribution in [0.15, 0.2) is 48.9 Å². The van der Waals surface area contributed by atoms with E-state index in [0.29, 0.717) is 62.3 Å². The molecule has 0 bridgehead atoms. The fraction of sp³-hybridized carbons (Fsp3) is 0.414. The fourth-order valence-electron chi connectivity index (χ4n) is 4.99. The van der Waals surface area contributed by atoms with Gasteiger partial charge >= 0.3 is 0 Å². The maximum atomic E-state index is 14.4. The number of imidazole rings is 1. The number of amides is 2. The second kappa shape index (κ2) is 13.4. The van der Waals surface area contributed by atoms with E-state index in [1.54, 1.807) is 12.5 Å². The normalized spacial score (nSPS) is 15.4. The molecule has 3 aromatic rings. The number of halogens is 2. The summed E-state index contributed by atoms with van der Waals surface area (Å²) in [5.74, 6) is -0.897. The third-order valence-corrected chi connectivity index (χ3v) is 6.89. The van der Waals surface area contributed by atoms with Gasteiger partial charge in [0.1, 0.15) is 18.0 Å². The Morgan fingerprint density at radius 2 is 2.00 bits per heavy atom. The molecule has 0 saturated carbocycles. The summed E-state index contributed by atoms with van der Waals surface area (Å²) >= 11 is 0. The molecule has 0 aliphatic heterocycles. The smallest absolute Gasteiger partial charge is 0.242 e. The molecule has 1 aliphatic carbocycles. The topological polar surface area (TPSA) is 100 Å². The molecule has 4 rings (SSSR count). The monoisotopic (exact) mass is 538 g/mol. The number of nitrogens with zero attached hydrogens (tertiary/aromatic N) is 2. The SMILES string of the molecule is CCC[C@H](N[C@H]1CCc2cc(F)cc(F)c2C1)C(=O)Nc1cn(-c2ccccc2CNCCNC(C)=O)cn1. The van der Waals surface area contributed by atoms with Gasteiger partial charge in [0, 0.05) is 38.7 Å². The third kappa shape index (κ3) is 7.70. The van der Waals surface area contributed by atoms with Gasteiger partial charge in [0.2, 0.25) is 11.8 Å². The zero-order valence-corrected chi connectivity index (χ0v) is 22.4. The van der Waals surface area contributed by atoms with Gasteiger partial charge < -0.3 is 25.8 Å². The van der Waals surface area contributed by atoms with Crippen molar-refractivity contribution in [2.75, 3.05) is 18.4 Å². The van der Waals surface area contributed by atoms with Crippen LogP contribution in [-0.2, 0) is 29.0 Å². The molecule has 0 fully saturated rings. The first-order chi connectivity index (χ1) is 18.8. The molecule has 2 amide bonds. The minimum absolute atomic E-state index is 0.0591. The molecule has 8 nitrogen and oxygen atoms in total. The highest BCUT2D eigenvalue weighted by atomic mass is 19.1. The lowest BCUT2D eigenvalue weighted by Gasteiger charge is -2.29. The van der Waals surface area contributed by atoms with Crippen LogP contribution < -0.4 is 21.3 Å². The van der Waals surface area contributed by atoms with Crippen molar-refractivity contribution in [1.29, 1.82) is 0 Å². The maximum absolute atomic E-state index is 14.4. The Labute approximate surface area is 227 Å². The number of carbonyl (C=O) groups is 2. The van der Waals surface area contributed by atoms with Crippen LogP contribution in [0.4, 0.5) is 14.6 Å². The number of nitrogens with one attached hydrogen (secondary N) is 4. The number of hydrogen-bond acceptors (Lipinski definition) is 5. The predicted molar refractivity (Wildman–Crippen MR) is 147 cm³/mol. The van der Waals surface area contributed by atoms with Crippen LogP contribution in [0.3, 0.4) is 0 Å². The third-order valence-electron chi connectivity index (χ3n) is 6.89. The van der Waals surface area contributed by atoms with Crippen molar-refractivity contribution < 1.29 is 18.4 Å². The largest absolute Gasteiger partial charge is 0.355 e. The Kier molecular flexibility index (Phi) is 9.78. The summed E-state index contributed by atoms with van der Waals surface area (Å²) in [6, 6.07) is 9.67. The molecule has 0 spiro atoms. The van der Waals surface area contributed by atoms with Crippen molar-refractivity contribution in [3.05, 3.63) is 77.2 Å². The number of carbonyl (C=O) groups excluding carboxylic acids is 2. The molecule has 2 atom stereocenters. The maximum Gasteiger partial charge on any atom is 0.242 e. The standard InChI is InChI=1S/C29H36F2N6O2/c1-3-6-26(35-23-10-9-20-13-22(30)14-25(31)24(20)15-23)29(39)36-28-17-37(18-34-28)27-8-5-4-7-21(27)16-32-11-12-33-19(2)38/h4-5,7-8,13-14,17-18,23,26,32,35H,3,6,9-12,15-16H2,1-2H3,(H,33,38)(H,36,39)/t23-,26-/m0/s1. The van der Waals surface area contributed by atoms with Crippen LogP contribution in [0.2, 0.25) is 0 Å². The van der Waals surface area contributed by atoms with Gasteiger partial charge in [-0.1, -0.05) is 31.5 Å². The minimum atomic E-state index is -0.554. The summed E-state index contributed by atoms with van der Waals surface area (Å²) in [6.07, 6.45) is 6.53. The molecule has 0 unspecified atom stereocenters. The van der Waals surface area contributed by atoms with E-state index in [-0.39, 0.29) is 17.9 Å². The molecule has 2 aromatic carbocycles. The van der Waals surface area contributed by atoms with E-state index < -0.39 is 17.7 Å². The molecule has 208 valence electrons. The molecule has 39 heavy (non-hydrogen) atoms. The van der Waals surface area contributed by atoms with Crippen molar-refractivity contribution in [2.24, 2.45) is 0 Å². The van der Waals surface area contributed by atoms with Crippen molar-refractivity contribution in [1.82, 2.24) is 25.5 Å². The van der Waals surface area contributed by atoms with Crippen molar-refractivity contribution in [2.45, 2.75) is 64.6 Å². The summed E-state index contributed by atoms with van der Waals surface area (Å²) in [6.45, 7) is 5.30. The lowest BCUT2D eigenvalue weighted by atomic mass is 9.87. The predicted octanol–water partition coefficient (Wildman–Crippen LogP) is 3.63. The molecule has 0 saturated heterocycles. The molecule has 10 heteroatoms. The van der Waals surface area contributed by atoms with Crippen molar-refractivity contribution in [3.8, 4) is 5.69 Å². The van der Waals surface area contributed by atoms with Crippen LogP contribution >= 0.6 is 0 Å². The Morgan fingerprint density at radius 1 is 1.18 bits per heavy atom. The summed E-state index contributed by atoms with van der Waals surface area (Å²) in [5.41, 5.74) is 3.21. The highest BCUT2D eigenvalue weighted by Crippen LogP contribution is 2.26. The molecule has 1 aromatic heterocycles. The van der Waals surface area contributed by atoms with Gasteiger partial charge in [-0.05, 0) is 54.5 Å². The zero-order valence-electron chi connectivity index (χ0n) is 22.4. The van der Waals surface area contributed by atoms with Crippen LogP contribution in [0.5, 0.6) is 0 Å². The Hall–Kier alpha value is -3.63. The Bertz CT molecular complexity index is 1290. The highest BCUT2D eigenvalue weighted by Gasteiger charge is 2.27. The fourth-order valence-corrected chi connectivity index (χ4v) is 4.99. The first kappa shape index (κ1) is 28.4.